The summed E-state index contributed by atoms with van der Waals surface area (Å²) in [4.78, 5) is 24.7. The molecule has 0 saturated carbocycles. The van der Waals surface area contributed by atoms with E-state index in [1.807, 2.05) is 30.3 Å². The zero-order valence-corrected chi connectivity index (χ0v) is 19.6. The normalized spacial score (nSPS) is 15.5. The van der Waals surface area contributed by atoms with Gasteiger partial charge in [0.05, 0.1) is 36.1 Å². The van der Waals surface area contributed by atoms with Gasteiger partial charge in [-0.2, -0.15) is 0 Å². The Balaban J connectivity index is 1.60. The van der Waals surface area contributed by atoms with Crippen LogP contribution >= 0.6 is 11.3 Å². The summed E-state index contributed by atoms with van der Waals surface area (Å²) < 4.78 is 25.4. The van der Waals surface area contributed by atoms with Gasteiger partial charge >= 0.3 is 0 Å². The van der Waals surface area contributed by atoms with E-state index in [-0.39, 0.29) is 17.8 Å². The van der Waals surface area contributed by atoms with Crippen LogP contribution in [0.4, 0.5) is 4.39 Å². The van der Waals surface area contributed by atoms with E-state index < -0.39 is 0 Å². The lowest BCUT2D eigenvalue weighted by molar-refractivity contribution is 0.0511. The topological polar surface area (TPSA) is 64.6 Å². The predicted molar refractivity (Wildman–Crippen MR) is 130 cm³/mol. The maximum absolute atomic E-state index is 14.0. The zero-order chi connectivity index (χ0) is 23.5. The van der Waals surface area contributed by atoms with E-state index in [1.165, 1.54) is 23.5 Å². The molecule has 1 atom stereocenters. The Bertz CT molecular complexity index is 1310. The number of halogens is 1. The van der Waals surface area contributed by atoms with Gasteiger partial charge in [-0.15, -0.1) is 11.3 Å². The maximum Gasteiger partial charge on any atom is 0.265 e. The molecule has 8 heteroatoms. The third-order valence-corrected chi connectivity index (χ3v) is 6.72. The molecule has 4 aromatic rings. The predicted octanol–water partition coefficient (Wildman–Crippen LogP) is 5.33. The summed E-state index contributed by atoms with van der Waals surface area (Å²) in [5.74, 6) is 0.216. The lowest BCUT2D eigenvalue weighted by Gasteiger charge is -2.26. The van der Waals surface area contributed by atoms with E-state index >= 15 is 0 Å². The van der Waals surface area contributed by atoms with Crippen LogP contribution < -0.4 is 4.74 Å². The molecule has 1 aliphatic rings. The average Bonchev–Trinajstić information content (AvgIpc) is 3.57. The fourth-order valence-electron chi connectivity index (χ4n) is 4.31. The van der Waals surface area contributed by atoms with E-state index in [2.05, 4.69) is 4.98 Å². The minimum atomic E-state index is -0.348. The largest absolute Gasteiger partial charge is 0.496 e. The van der Waals surface area contributed by atoms with E-state index in [4.69, 9.17) is 14.5 Å². The third-order valence-electron chi connectivity index (χ3n) is 5.96. The van der Waals surface area contributed by atoms with Gasteiger partial charge in [-0.1, -0.05) is 12.1 Å². The summed E-state index contributed by atoms with van der Waals surface area (Å²) in [6, 6.07) is 14.1. The van der Waals surface area contributed by atoms with Crippen LogP contribution in [-0.2, 0) is 11.3 Å². The molecule has 174 valence electrons. The van der Waals surface area contributed by atoms with Gasteiger partial charge in [0.2, 0.25) is 0 Å². The van der Waals surface area contributed by atoms with Crippen molar-refractivity contribution < 1.29 is 18.7 Å². The number of methoxy groups -OCH3 is 1. The Morgan fingerprint density at radius 3 is 2.91 bits per heavy atom. The minimum absolute atomic E-state index is 0.00547. The molecule has 1 unspecified atom stereocenters. The number of aromatic nitrogens is 2. The molecule has 1 fully saturated rings. The molecule has 0 N–H and O–H groups in total. The van der Waals surface area contributed by atoms with Crippen LogP contribution in [0, 0.1) is 5.82 Å². The second-order valence-electron chi connectivity index (χ2n) is 8.22. The minimum Gasteiger partial charge on any atom is -0.496 e. The highest BCUT2D eigenvalue weighted by molar-refractivity contribution is 7.11. The van der Waals surface area contributed by atoms with Gasteiger partial charge in [-0.25, -0.2) is 9.37 Å². The van der Waals surface area contributed by atoms with Gasteiger partial charge in [0, 0.05) is 36.7 Å². The number of nitrogens with zero attached hydrogens (tertiary/aromatic N) is 3. The standard InChI is InChI=1S/C26H24FN3O3S/c1-32-23-7-3-2-6-21(23)25-18(11-17-8-9-19(27)12-22(17)29-25)14-30(15-20-5-4-10-33-20)26(31)24-13-28-16-34-24/h2-3,6-9,11-13,16,20H,4-5,10,14-15H2,1H3. The Morgan fingerprint density at radius 2 is 2.15 bits per heavy atom. The molecule has 0 radical (unpaired) electrons. The van der Waals surface area contributed by atoms with E-state index in [9.17, 15) is 9.18 Å². The fraction of sp³-hybridized carbons (Fsp3) is 0.269. The zero-order valence-electron chi connectivity index (χ0n) is 18.7. The van der Waals surface area contributed by atoms with Crippen molar-refractivity contribution in [1.29, 1.82) is 0 Å². The number of thiazole rings is 1. The van der Waals surface area contributed by atoms with Gasteiger partial charge in [0.25, 0.3) is 5.91 Å². The van der Waals surface area contributed by atoms with Crippen LogP contribution in [0.25, 0.3) is 22.2 Å². The number of para-hydroxylation sites is 1. The molecule has 2 aromatic heterocycles. The van der Waals surface area contributed by atoms with Crippen molar-refractivity contribution in [3.8, 4) is 17.0 Å². The summed E-state index contributed by atoms with van der Waals surface area (Å²) in [6.07, 6.45) is 3.50. The Kier molecular flexibility index (Phi) is 6.51. The number of hydrogen-bond donors (Lipinski definition) is 0. The first kappa shape index (κ1) is 22.4. The second kappa shape index (κ2) is 9.87. The summed E-state index contributed by atoms with van der Waals surface area (Å²) in [5.41, 5.74) is 4.49. The first-order valence-electron chi connectivity index (χ1n) is 11.1. The smallest absolute Gasteiger partial charge is 0.265 e. The summed E-state index contributed by atoms with van der Waals surface area (Å²) in [7, 11) is 1.61. The van der Waals surface area contributed by atoms with Crippen molar-refractivity contribution in [2.45, 2.75) is 25.5 Å². The number of hydrogen-bond acceptors (Lipinski definition) is 6. The van der Waals surface area contributed by atoms with E-state index in [0.717, 1.165) is 29.4 Å². The SMILES string of the molecule is COc1ccccc1-c1nc2cc(F)ccc2cc1CN(CC1CCCO1)C(=O)c1cncs1. The average molecular weight is 478 g/mol. The van der Waals surface area contributed by atoms with Crippen molar-refractivity contribution in [2.75, 3.05) is 20.3 Å². The van der Waals surface area contributed by atoms with Crippen molar-refractivity contribution in [2.24, 2.45) is 0 Å². The van der Waals surface area contributed by atoms with E-state index in [1.54, 1.807) is 29.8 Å². The third kappa shape index (κ3) is 4.64. The molecule has 0 bridgehead atoms. The van der Waals surface area contributed by atoms with Crippen LogP contribution in [0.15, 0.2) is 60.2 Å². The van der Waals surface area contributed by atoms with Crippen molar-refractivity contribution in [3.63, 3.8) is 0 Å². The Morgan fingerprint density at radius 1 is 1.26 bits per heavy atom. The van der Waals surface area contributed by atoms with Crippen molar-refractivity contribution in [1.82, 2.24) is 14.9 Å². The summed E-state index contributed by atoms with van der Waals surface area (Å²) in [6.45, 7) is 1.51. The number of rotatable bonds is 7. The van der Waals surface area contributed by atoms with E-state index in [0.29, 0.717) is 41.5 Å². The van der Waals surface area contributed by atoms with Crippen LogP contribution in [0.2, 0.25) is 0 Å². The molecule has 0 aliphatic carbocycles. The fourth-order valence-corrected chi connectivity index (χ4v) is 4.90. The molecule has 1 amide bonds. The van der Waals surface area contributed by atoms with Gasteiger partial charge in [0.1, 0.15) is 16.4 Å². The van der Waals surface area contributed by atoms with Crippen molar-refractivity contribution in [3.05, 3.63) is 76.5 Å². The Hall–Kier alpha value is -3.36. The van der Waals surface area contributed by atoms with Crippen molar-refractivity contribution >= 4 is 28.1 Å². The first-order chi connectivity index (χ1) is 16.6. The second-order valence-corrected chi connectivity index (χ2v) is 9.11. The molecule has 3 heterocycles. The summed E-state index contributed by atoms with van der Waals surface area (Å²) >= 11 is 1.32. The summed E-state index contributed by atoms with van der Waals surface area (Å²) in [5, 5.41) is 0.803. The lowest BCUT2D eigenvalue weighted by atomic mass is 10.0. The highest BCUT2D eigenvalue weighted by Gasteiger charge is 2.26. The van der Waals surface area contributed by atoms with Gasteiger partial charge < -0.3 is 14.4 Å². The number of amides is 1. The molecule has 0 spiro atoms. The van der Waals surface area contributed by atoms with Crippen LogP contribution in [0.1, 0.15) is 28.1 Å². The monoisotopic (exact) mass is 477 g/mol. The number of carbonyl (C=O) groups is 1. The quantitative estimate of drug-likeness (QED) is 0.360. The molecule has 1 saturated heterocycles. The molecule has 34 heavy (non-hydrogen) atoms. The van der Waals surface area contributed by atoms with Gasteiger partial charge in [-0.3, -0.25) is 9.78 Å². The first-order valence-corrected chi connectivity index (χ1v) is 12.0. The number of benzene rings is 2. The van der Waals surface area contributed by atoms with Gasteiger partial charge in [-0.05, 0) is 48.7 Å². The molecular weight excluding hydrogens is 453 g/mol. The van der Waals surface area contributed by atoms with Crippen LogP contribution in [-0.4, -0.2) is 47.1 Å². The number of ether oxygens (including phenoxy) is 2. The molecule has 1 aliphatic heterocycles. The van der Waals surface area contributed by atoms with Crippen LogP contribution in [0.3, 0.4) is 0 Å². The molecule has 5 rings (SSSR count). The lowest BCUT2D eigenvalue weighted by Crippen LogP contribution is -2.36. The number of fused-ring (bicyclic) bond motifs is 1. The molecular formula is C26H24FN3O3S. The maximum atomic E-state index is 14.0. The molecule has 6 nitrogen and oxygen atoms in total. The van der Waals surface area contributed by atoms with Crippen LogP contribution in [0.5, 0.6) is 5.75 Å². The number of pyridine rings is 1. The Labute approximate surface area is 201 Å². The highest BCUT2D eigenvalue weighted by atomic mass is 32.1. The number of carbonyl (C=O) groups excluding carboxylic acids is 1. The molecule has 2 aromatic carbocycles. The van der Waals surface area contributed by atoms with Gasteiger partial charge in [0.15, 0.2) is 0 Å². The highest BCUT2D eigenvalue weighted by Crippen LogP contribution is 2.34.